The molecule has 0 aromatic heterocycles. The maximum Gasteiger partial charge on any atom is 0.312 e. The number of aliphatic hydroxyl groups excluding tert-OH is 1. The molecule has 3 saturated heterocycles. The van der Waals surface area contributed by atoms with E-state index in [0.717, 1.165) is 0 Å². The van der Waals surface area contributed by atoms with Crippen molar-refractivity contribution < 1.29 is 38.5 Å². The van der Waals surface area contributed by atoms with Crippen LogP contribution in [0.15, 0.2) is 49.6 Å². The van der Waals surface area contributed by atoms with Gasteiger partial charge in [0.1, 0.15) is 23.5 Å². The molecule has 3 fully saturated rings. The number of aliphatic hydroxyl groups is 1. The van der Waals surface area contributed by atoms with Gasteiger partial charge >= 0.3 is 5.97 Å². The summed E-state index contributed by atoms with van der Waals surface area (Å²) >= 11 is 3.63. The summed E-state index contributed by atoms with van der Waals surface area (Å²) in [5.41, 5.74) is -0.736. The Morgan fingerprint density at radius 1 is 1.29 bits per heavy atom. The molecule has 0 saturated carbocycles. The lowest BCUT2D eigenvalue weighted by Gasteiger charge is -2.37. The number of carbonyl (C=O) groups excluding carboxylic acids is 4. The van der Waals surface area contributed by atoms with Gasteiger partial charge in [0.25, 0.3) is 5.91 Å². The predicted molar refractivity (Wildman–Crippen MR) is 158 cm³/mol. The van der Waals surface area contributed by atoms with Crippen molar-refractivity contribution in [1.82, 2.24) is 10.2 Å². The molecule has 1 aromatic carbocycles. The molecule has 3 aliphatic heterocycles. The summed E-state index contributed by atoms with van der Waals surface area (Å²) in [6.45, 7) is 8.84. The number of halogens is 1. The number of amides is 3. The average Bonchev–Trinajstić information content (AvgIpc) is 3.57. The second-order valence-electron chi connectivity index (χ2n) is 10.7. The first-order chi connectivity index (χ1) is 20.1. The molecule has 0 aliphatic carbocycles. The van der Waals surface area contributed by atoms with Crippen LogP contribution in [-0.4, -0.2) is 95.7 Å². The van der Waals surface area contributed by atoms with Crippen molar-refractivity contribution in [3.05, 3.63) is 49.6 Å². The van der Waals surface area contributed by atoms with Gasteiger partial charge in [0.2, 0.25) is 11.8 Å². The molecule has 1 spiro atoms. The molecule has 12 heteroatoms. The van der Waals surface area contributed by atoms with Crippen LogP contribution in [0.25, 0.3) is 0 Å². The van der Waals surface area contributed by atoms with Crippen molar-refractivity contribution in [1.29, 1.82) is 0 Å². The van der Waals surface area contributed by atoms with Gasteiger partial charge in [-0.2, -0.15) is 0 Å². The zero-order chi connectivity index (χ0) is 30.6. The summed E-state index contributed by atoms with van der Waals surface area (Å²) in [5.74, 6) is -2.99. The van der Waals surface area contributed by atoms with Crippen molar-refractivity contribution in [3.63, 3.8) is 0 Å². The standard InChI is InChI=1S/C30H38BrN3O8/c1-5-7-8-22(36)32-17-18(3)41-29(39)23-24-27(37)34(14-15-35)26(30(24)16-21(31)25(23)42-30)28(38)33(13-6-2)19-9-11-20(40-4)12-10-19/h5-6,9-12,18,21,23-26,35H,1-2,7-8,13-17H2,3-4H3,(H,32,36)/t18-,21?,23-,24+,25-,26-,30+/m1/s1. The van der Waals surface area contributed by atoms with Crippen LogP contribution in [0.1, 0.15) is 26.2 Å². The highest BCUT2D eigenvalue weighted by Crippen LogP contribution is 2.60. The zero-order valence-electron chi connectivity index (χ0n) is 23.9. The number of anilines is 1. The number of allylic oxidation sites excluding steroid dienone is 1. The molecule has 7 atom stereocenters. The normalized spacial score (nSPS) is 28.1. The second-order valence-corrected chi connectivity index (χ2v) is 11.9. The van der Waals surface area contributed by atoms with Crippen molar-refractivity contribution in [2.45, 2.75) is 54.9 Å². The Morgan fingerprint density at radius 2 is 2.00 bits per heavy atom. The van der Waals surface area contributed by atoms with Gasteiger partial charge in [-0.3, -0.25) is 19.2 Å². The highest BCUT2D eigenvalue weighted by atomic mass is 79.9. The van der Waals surface area contributed by atoms with Gasteiger partial charge in [-0.15, -0.1) is 13.2 Å². The number of carbonyl (C=O) groups is 4. The van der Waals surface area contributed by atoms with Gasteiger partial charge in [0.05, 0.1) is 38.2 Å². The van der Waals surface area contributed by atoms with Crippen molar-refractivity contribution in [2.24, 2.45) is 11.8 Å². The maximum absolute atomic E-state index is 14.3. The number of benzene rings is 1. The number of esters is 1. The van der Waals surface area contributed by atoms with E-state index in [0.29, 0.717) is 24.3 Å². The van der Waals surface area contributed by atoms with E-state index in [1.807, 2.05) is 0 Å². The Hall–Kier alpha value is -3.22. The van der Waals surface area contributed by atoms with E-state index < -0.39 is 53.5 Å². The summed E-state index contributed by atoms with van der Waals surface area (Å²) < 4.78 is 17.4. The summed E-state index contributed by atoms with van der Waals surface area (Å²) in [5, 5.41) is 12.6. The first-order valence-electron chi connectivity index (χ1n) is 14.0. The second kappa shape index (κ2) is 13.4. The number of rotatable bonds is 14. The topological polar surface area (TPSA) is 135 Å². The number of likely N-dealkylation sites (tertiary alicyclic amines) is 1. The van der Waals surface area contributed by atoms with E-state index in [1.165, 1.54) is 9.80 Å². The molecular weight excluding hydrogens is 610 g/mol. The number of hydrogen-bond donors (Lipinski definition) is 2. The highest BCUT2D eigenvalue weighted by molar-refractivity contribution is 9.09. The number of nitrogens with one attached hydrogen (secondary N) is 1. The number of β-amino-alcohol motifs (C(OH)–C–C–N with tert-alkyl or cyclic N) is 1. The molecule has 3 amide bonds. The monoisotopic (exact) mass is 647 g/mol. The number of ether oxygens (including phenoxy) is 3. The van der Waals surface area contributed by atoms with Crippen molar-refractivity contribution in [3.8, 4) is 5.75 Å². The Bertz CT molecular complexity index is 1210. The molecular formula is C30H38BrN3O8. The lowest BCUT2D eigenvalue weighted by molar-refractivity contribution is -0.159. The van der Waals surface area contributed by atoms with E-state index in [4.69, 9.17) is 14.2 Å². The zero-order valence-corrected chi connectivity index (χ0v) is 25.5. The van der Waals surface area contributed by atoms with Gasteiger partial charge in [-0.25, -0.2) is 0 Å². The van der Waals surface area contributed by atoms with Crippen LogP contribution in [0.2, 0.25) is 0 Å². The number of methoxy groups -OCH3 is 1. The first kappa shape index (κ1) is 31.7. The Labute approximate surface area is 254 Å². The van der Waals surface area contributed by atoms with Gasteiger partial charge in [-0.1, -0.05) is 28.1 Å². The fraction of sp³-hybridized carbons (Fsp3) is 0.533. The molecule has 0 radical (unpaired) electrons. The minimum atomic E-state index is -1.31. The summed E-state index contributed by atoms with van der Waals surface area (Å²) in [6.07, 6.45) is 3.01. The highest BCUT2D eigenvalue weighted by Gasteiger charge is 2.77. The van der Waals surface area contributed by atoms with Crippen LogP contribution < -0.4 is 15.0 Å². The third kappa shape index (κ3) is 5.84. The quantitative estimate of drug-likeness (QED) is 0.178. The number of alkyl halides is 1. The summed E-state index contributed by atoms with van der Waals surface area (Å²) in [6, 6.07) is 5.84. The molecule has 1 unspecified atom stereocenters. The van der Waals surface area contributed by atoms with Crippen LogP contribution >= 0.6 is 15.9 Å². The van der Waals surface area contributed by atoms with Crippen LogP contribution in [0, 0.1) is 11.8 Å². The average molecular weight is 649 g/mol. The van der Waals surface area contributed by atoms with Crippen LogP contribution in [0.3, 0.4) is 0 Å². The lowest BCUT2D eigenvalue weighted by Crippen LogP contribution is -2.57. The van der Waals surface area contributed by atoms with E-state index >= 15 is 0 Å². The van der Waals surface area contributed by atoms with E-state index in [1.54, 1.807) is 50.5 Å². The Balaban J connectivity index is 1.61. The molecule has 1 aromatic rings. The Morgan fingerprint density at radius 3 is 2.62 bits per heavy atom. The van der Waals surface area contributed by atoms with E-state index in [2.05, 4.69) is 34.4 Å². The van der Waals surface area contributed by atoms with Gasteiger partial charge in [0.15, 0.2) is 0 Å². The predicted octanol–water partition coefficient (Wildman–Crippen LogP) is 1.97. The largest absolute Gasteiger partial charge is 0.497 e. The fourth-order valence-corrected chi connectivity index (χ4v) is 7.23. The molecule has 3 aliphatic rings. The smallest absolute Gasteiger partial charge is 0.312 e. The van der Waals surface area contributed by atoms with Gasteiger partial charge in [-0.05, 0) is 44.0 Å². The van der Waals surface area contributed by atoms with Crippen molar-refractivity contribution in [2.75, 3.05) is 38.3 Å². The molecule has 11 nitrogen and oxygen atoms in total. The molecule has 42 heavy (non-hydrogen) atoms. The number of hydrogen-bond acceptors (Lipinski definition) is 8. The minimum Gasteiger partial charge on any atom is -0.497 e. The van der Waals surface area contributed by atoms with Gasteiger partial charge < -0.3 is 34.4 Å². The third-order valence-corrected chi connectivity index (χ3v) is 8.92. The van der Waals surface area contributed by atoms with Gasteiger partial charge in [0, 0.05) is 30.0 Å². The third-order valence-electron chi connectivity index (χ3n) is 8.08. The molecule has 228 valence electrons. The molecule has 2 N–H and O–H groups in total. The van der Waals surface area contributed by atoms with Crippen LogP contribution in [0.5, 0.6) is 5.75 Å². The number of fused-ring (bicyclic) bond motifs is 1. The van der Waals surface area contributed by atoms with Crippen LogP contribution in [-0.2, 0) is 28.7 Å². The first-order valence-corrected chi connectivity index (χ1v) is 14.9. The maximum atomic E-state index is 14.3. The summed E-state index contributed by atoms with van der Waals surface area (Å²) in [7, 11) is 1.55. The SMILES string of the molecule is C=CCCC(=O)NC[C@@H](C)OC(=O)[C@H]1[C@@H]2O[C@@]3(CC2Br)[C@@H]1C(=O)N(CCO)[C@@H]3C(=O)N(CC=C)c1ccc(OC)cc1. The summed E-state index contributed by atoms with van der Waals surface area (Å²) in [4.78, 5) is 56.3. The molecule has 3 heterocycles. The lowest BCUT2D eigenvalue weighted by atomic mass is 9.70. The van der Waals surface area contributed by atoms with E-state index in [-0.39, 0.29) is 43.4 Å². The Kier molecular flexibility index (Phi) is 10.1. The molecule has 4 rings (SSSR count). The minimum absolute atomic E-state index is 0.103. The molecule has 2 bridgehead atoms. The van der Waals surface area contributed by atoms with E-state index in [9.17, 15) is 24.3 Å². The number of nitrogens with zero attached hydrogens (tertiary/aromatic N) is 2. The van der Waals surface area contributed by atoms with Crippen molar-refractivity contribution >= 4 is 45.3 Å². The fourth-order valence-electron chi connectivity index (χ4n) is 6.29. The van der Waals surface area contributed by atoms with Crippen LogP contribution in [0.4, 0.5) is 5.69 Å².